The van der Waals surface area contributed by atoms with Gasteiger partial charge in [-0.25, -0.2) is 0 Å². The standard InChI is InChI=1S/C24H22N2O4/c25-21(13-15-9-11-26-12-10-15)22(23(27)28)24(29)30-14-20-18-7-3-1-5-16(18)17-6-2-4-8-19(17)20/h1-12,20-22H,13-14,25H2,(H,27,28). The fourth-order valence-corrected chi connectivity index (χ4v) is 4.06. The van der Waals surface area contributed by atoms with E-state index in [1.165, 1.54) is 0 Å². The number of hydrogen-bond acceptors (Lipinski definition) is 5. The first kappa shape index (κ1) is 19.8. The Bertz CT molecular complexity index is 1020. The number of rotatable bonds is 7. The summed E-state index contributed by atoms with van der Waals surface area (Å²) in [6, 6.07) is 18.5. The molecule has 30 heavy (non-hydrogen) atoms. The van der Waals surface area contributed by atoms with Crippen molar-refractivity contribution in [3.8, 4) is 11.1 Å². The van der Waals surface area contributed by atoms with E-state index < -0.39 is 23.9 Å². The van der Waals surface area contributed by atoms with E-state index in [2.05, 4.69) is 4.98 Å². The normalized spacial score (nSPS) is 14.4. The van der Waals surface area contributed by atoms with Crippen molar-refractivity contribution in [2.24, 2.45) is 11.7 Å². The molecule has 1 aliphatic rings. The van der Waals surface area contributed by atoms with Crippen LogP contribution in [0.5, 0.6) is 0 Å². The maximum absolute atomic E-state index is 12.7. The topological polar surface area (TPSA) is 103 Å². The Morgan fingerprint density at radius 3 is 2.10 bits per heavy atom. The summed E-state index contributed by atoms with van der Waals surface area (Å²) < 4.78 is 5.51. The van der Waals surface area contributed by atoms with Crippen LogP contribution in [0.25, 0.3) is 11.1 Å². The molecule has 0 amide bonds. The van der Waals surface area contributed by atoms with Crippen LogP contribution < -0.4 is 5.73 Å². The van der Waals surface area contributed by atoms with Crippen molar-refractivity contribution in [1.82, 2.24) is 4.98 Å². The van der Waals surface area contributed by atoms with Crippen LogP contribution >= 0.6 is 0 Å². The van der Waals surface area contributed by atoms with Gasteiger partial charge < -0.3 is 15.6 Å². The third-order valence-corrected chi connectivity index (χ3v) is 5.52. The van der Waals surface area contributed by atoms with E-state index in [1.807, 2.05) is 48.5 Å². The average Bonchev–Trinajstić information content (AvgIpc) is 3.06. The quantitative estimate of drug-likeness (QED) is 0.465. The molecule has 0 bridgehead atoms. The Kier molecular flexibility index (Phi) is 5.59. The molecule has 1 aliphatic carbocycles. The molecule has 2 unspecified atom stereocenters. The van der Waals surface area contributed by atoms with Crippen LogP contribution in [-0.4, -0.2) is 34.7 Å². The summed E-state index contributed by atoms with van der Waals surface area (Å²) in [6.45, 7) is 0.0681. The molecule has 6 nitrogen and oxygen atoms in total. The molecule has 1 heterocycles. The number of nitrogens with two attached hydrogens (primary N) is 1. The average molecular weight is 402 g/mol. The van der Waals surface area contributed by atoms with Gasteiger partial charge in [-0.05, 0) is 46.4 Å². The van der Waals surface area contributed by atoms with Gasteiger partial charge in [0.25, 0.3) is 0 Å². The second kappa shape index (κ2) is 8.47. The van der Waals surface area contributed by atoms with Crippen molar-refractivity contribution in [2.75, 3.05) is 6.61 Å². The molecule has 1 aromatic heterocycles. The summed E-state index contributed by atoms with van der Waals surface area (Å²) in [7, 11) is 0. The van der Waals surface area contributed by atoms with Gasteiger partial charge >= 0.3 is 11.9 Å². The highest BCUT2D eigenvalue weighted by molar-refractivity contribution is 5.95. The SMILES string of the molecule is NC(Cc1ccncc1)C(C(=O)O)C(=O)OCC1c2ccccc2-c2ccccc21. The minimum Gasteiger partial charge on any atom is -0.481 e. The number of fused-ring (bicyclic) bond motifs is 3. The van der Waals surface area contributed by atoms with Crippen LogP contribution in [0.15, 0.2) is 73.1 Å². The van der Waals surface area contributed by atoms with Gasteiger partial charge in [0.1, 0.15) is 6.61 Å². The van der Waals surface area contributed by atoms with Gasteiger partial charge in [-0.1, -0.05) is 48.5 Å². The van der Waals surface area contributed by atoms with Gasteiger partial charge in [0.05, 0.1) is 0 Å². The highest BCUT2D eigenvalue weighted by Gasteiger charge is 2.36. The summed E-state index contributed by atoms with van der Waals surface area (Å²) in [5.41, 5.74) is 11.3. The lowest BCUT2D eigenvalue weighted by atomic mass is 9.94. The zero-order valence-electron chi connectivity index (χ0n) is 16.3. The van der Waals surface area contributed by atoms with Gasteiger partial charge in [0.2, 0.25) is 0 Å². The fourth-order valence-electron chi connectivity index (χ4n) is 4.06. The van der Waals surface area contributed by atoms with Gasteiger partial charge in [-0.15, -0.1) is 0 Å². The number of ether oxygens (including phenoxy) is 1. The van der Waals surface area contributed by atoms with Gasteiger partial charge in [-0.3, -0.25) is 14.6 Å². The summed E-state index contributed by atoms with van der Waals surface area (Å²) in [5.74, 6) is -3.67. The second-order valence-corrected chi connectivity index (χ2v) is 7.40. The van der Waals surface area contributed by atoms with Crippen molar-refractivity contribution in [1.29, 1.82) is 0 Å². The minimum atomic E-state index is -1.44. The van der Waals surface area contributed by atoms with Gasteiger partial charge in [0, 0.05) is 24.4 Å². The van der Waals surface area contributed by atoms with Crippen LogP contribution in [0.1, 0.15) is 22.6 Å². The first-order valence-electron chi connectivity index (χ1n) is 9.78. The first-order valence-corrected chi connectivity index (χ1v) is 9.78. The Labute approximate surface area is 174 Å². The number of carboxylic acids is 1. The Hall–Kier alpha value is -3.51. The lowest BCUT2D eigenvalue weighted by Crippen LogP contribution is -2.43. The van der Waals surface area contributed by atoms with E-state index in [1.54, 1.807) is 24.5 Å². The maximum Gasteiger partial charge on any atom is 0.321 e. The number of carbonyl (C=O) groups excluding carboxylic acids is 1. The van der Waals surface area contributed by atoms with Gasteiger partial charge in [-0.2, -0.15) is 0 Å². The fraction of sp³-hybridized carbons (Fsp3) is 0.208. The predicted octanol–water partition coefficient (Wildman–Crippen LogP) is 3.01. The second-order valence-electron chi connectivity index (χ2n) is 7.40. The number of aliphatic carboxylic acids is 1. The lowest BCUT2D eigenvalue weighted by molar-refractivity contribution is -0.159. The van der Waals surface area contributed by atoms with Crippen LogP contribution in [0.2, 0.25) is 0 Å². The van der Waals surface area contributed by atoms with Crippen molar-refractivity contribution in [3.05, 3.63) is 89.7 Å². The highest BCUT2D eigenvalue weighted by Crippen LogP contribution is 2.44. The number of hydrogen-bond donors (Lipinski definition) is 2. The monoisotopic (exact) mass is 402 g/mol. The smallest absolute Gasteiger partial charge is 0.321 e. The predicted molar refractivity (Wildman–Crippen MR) is 112 cm³/mol. The molecule has 0 aliphatic heterocycles. The Morgan fingerprint density at radius 2 is 1.53 bits per heavy atom. The molecule has 2 atom stereocenters. The third kappa shape index (κ3) is 3.82. The number of benzene rings is 2. The molecule has 6 heteroatoms. The number of carbonyl (C=O) groups is 2. The summed E-state index contributed by atoms with van der Waals surface area (Å²) in [6.07, 6.45) is 3.44. The molecular formula is C24H22N2O4. The minimum absolute atomic E-state index is 0.0681. The van der Waals surface area contributed by atoms with E-state index in [4.69, 9.17) is 10.5 Å². The molecule has 3 aromatic rings. The maximum atomic E-state index is 12.7. The number of aromatic nitrogens is 1. The Morgan fingerprint density at radius 1 is 0.967 bits per heavy atom. The van der Waals surface area contributed by atoms with Crippen LogP contribution in [0, 0.1) is 5.92 Å². The molecule has 152 valence electrons. The third-order valence-electron chi connectivity index (χ3n) is 5.52. The summed E-state index contributed by atoms with van der Waals surface area (Å²) in [5, 5.41) is 9.61. The first-order chi connectivity index (χ1) is 14.6. The molecule has 0 fully saturated rings. The number of carboxylic acid groups (broad SMARTS) is 1. The zero-order chi connectivity index (χ0) is 21.1. The molecule has 0 spiro atoms. The van der Waals surface area contributed by atoms with Crippen LogP contribution in [0.3, 0.4) is 0 Å². The summed E-state index contributed by atoms with van der Waals surface area (Å²) in [4.78, 5) is 28.4. The van der Waals surface area contributed by atoms with E-state index in [-0.39, 0.29) is 18.9 Å². The highest BCUT2D eigenvalue weighted by atomic mass is 16.5. The van der Waals surface area contributed by atoms with Crippen LogP contribution in [0.4, 0.5) is 0 Å². The largest absolute Gasteiger partial charge is 0.481 e. The number of esters is 1. The van der Waals surface area contributed by atoms with E-state index >= 15 is 0 Å². The molecule has 0 saturated heterocycles. The van der Waals surface area contributed by atoms with Crippen LogP contribution in [-0.2, 0) is 20.7 Å². The molecule has 0 saturated carbocycles. The van der Waals surface area contributed by atoms with E-state index in [9.17, 15) is 14.7 Å². The van der Waals surface area contributed by atoms with Crippen molar-refractivity contribution < 1.29 is 19.4 Å². The van der Waals surface area contributed by atoms with E-state index in [0.29, 0.717) is 0 Å². The zero-order valence-corrected chi connectivity index (χ0v) is 16.3. The van der Waals surface area contributed by atoms with Crippen molar-refractivity contribution in [2.45, 2.75) is 18.4 Å². The summed E-state index contributed by atoms with van der Waals surface area (Å²) >= 11 is 0. The molecule has 3 N–H and O–H groups in total. The van der Waals surface area contributed by atoms with E-state index in [0.717, 1.165) is 27.8 Å². The molecule has 4 rings (SSSR count). The number of pyridine rings is 1. The van der Waals surface area contributed by atoms with Crippen molar-refractivity contribution >= 4 is 11.9 Å². The Balaban J connectivity index is 1.50. The number of nitrogens with zero attached hydrogens (tertiary/aromatic N) is 1. The molecular weight excluding hydrogens is 380 g/mol. The molecule has 0 radical (unpaired) electrons. The van der Waals surface area contributed by atoms with Crippen molar-refractivity contribution in [3.63, 3.8) is 0 Å². The lowest BCUT2D eigenvalue weighted by Gasteiger charge is -2.21. The van der Waals surface area contributed by atoms with Gasteiger partial charge in [0.15, 0.2) is 5.92 Å². The molecule has 2 aromatic carbocycles.